The van der Waals surface area contributed by atoms with Gasteiger partial charge in [0.05, 0.1) is 0 Å². The maximum Gasteiger partial charge on any atom is 0.176 e. The van der Waals surface area contributed by atoms with Gasteiger partial charge in [-0.1, -0.05) is 45.0 Å². The minimum atomic E-state index is 0.0103. The lowest BCUT2D eigenvalue weighted by molar-refractivity contribution is 0.366. The second-order valence-electron chi connectivity index (χ2n) is 4.75. The van der Waals surface area contributed by atoms with Gasteiger partial charge in [-0.3, -0.25) is 0 Å². The van der Waals surface area contributed by atoms with E-state index in [2.05, 4.69) is 44.8 Å². The third-order valence-electron chi connectivity index (χ3n) is 2.29. The summed E-state index contributed by atoms with van der Waals surface area (Å²) in [6, 6.07) is 8.34. The lowest BCUT2D eigenvalue weighted by atomic mass is 9.86. The molecule has 2 nitrogen and oxygen atoms in total. The van der Waals surface area contributed by atoms with Crippen LogP contribution in [0.5, 0.6) is 0 Å². The maximum atomic E-state index is 8.94. The lowest BCUT2D eigenvalue weighted by Gasteiger charge is -2.19. The molecule has 0 atom stereocenters. The monoisotopic (exact) mass is 205 g/mol. The number of hydrogen-bond acceptors (Lipinski definition) is 2. The minimum absolute atomic E-state index is 0.0103. The largest absolute Gasteiger partial charge is 0.495 e. The predicted octanol–water partition coefficient (Wildman–Crippen LogP) is 3.10. The van der Waals surface area contributed by atoms with Crippen LogP contribution in [0.15, 0.2) is 36.7 Å². The number of hydrogen-bond donors (Lipinski definition) is 2. The van der Waals surface area contributed by atoms with Gasteiger partial charge in [-0.15, -0.1) is 0 Å². The average Bonchev–Trinajstić information content (AvgIpc) is 2.14. The van der Waals surface area contributed by atoms with Crippen molar-refractivity contribution in [2.24, 2.45) is 0 Å². The molecular weight excluding hydrogens is 186 g/mol. The Hall–Kier alpha value is -1.44. The first-order valence-corrected chi connectivity index (χ1v) is 5.11. The van der Waals surface area contributed by atoms with E-state index in [0.29, 0.717) is 6.54 Å². The van der Waals surface area contributed by atoms with Crippen LogP contribution in [-0.2, 0) is 12.0 Å². The zero-order valence-corrected chi connectivity index (χ0v) is 9.67. The van der Waals surface area contributed by atoms with Crippen LogP contribution in [0, 0.1) is 0 Å². The third kappa shape index (κ3) is 3.66. The summed E-state index contributed by atoms with van der Waals surface area (Å²) in [5.41, 5.74) is 2.61. The van der Waals surface area contributed by atoms with Crippen LogP contribution in [0.25, 0.3) is 0 Å². The second kappa shape index (κ2) is 4.39. The Bertz CT molecular complexity index is 350. The van der Waals surface area contributed by atoms with E-state index in [1.54, 1.807) is 0 Å². The first-order chi connectivity index (χ1) is 6.89. The van der Waals surface area contributed by atoms with Crippen molar-refractivity contribution in [2.45, 2.75) is 32.7 Å². The number of rotatable bonds is 3. The van der Waals surface area contributed by atoms with E-state index < -0.39 is 0 Å². The minimum Gasteiger partial charge on any atom is -0.495 e. The summed E-state index contributed by atoms with van der Waals surface area (Å²) in [5, 5.41) is 11.7. The smallest absolute Gasteiger partial charge is 0.176 e. The normalized spacial score (nSPS) is 11.1. The molecule has 0 saturated carbocycles. The van der Waals surface area contributed by atoms with Crippen LogP contribution in [0.1, 0.15) is 31.9 Å². The van der Waals surface area contributed by atoms with E-state index in [9.17, 15) is 0 Å². The highest BCUT2D eigenvalue weighted by atomic mass is 16.3. The zero-order chi connectivity index (χ0) is 11.5. The van der Waals surface area contributed by atoms with Crippen LogP contribution in [-0.4, -0.2) is 5.11 Å². The van der Waals surface area contributed by atoms with Gasteiger partial charge in [-0.25, -0.2) is 0 Å². The molecule has 1 aromatic carbocycles. The Kier molecular flexibility index (Phi) is 3.40. The zero-order valence-electron chi connectivity index (χ0n) is 9.67. The molecule has 1 aromatic rings. The summed E-state index contributed by atoms with van der Waals surface area (Å²) in [6.07, 6.45) is 0. The van der Waals surface area contributed by atoms with E-state index >= 15 is 0 Å². The van der Waals surface area contributed by atoms with Crippen molar-refractivity contribution in [3.8, 4) is 0 Å². The topological polar surface area (TPSA) is 32.3 Å². The molecule has 0 bridgehead atoms. The summed E-state index contributed by atoms with van der Waals surface area (Å²) in [4.78, 5) is 0. The van der Waals surface area contributed by atoms with Crippen molar-refractivity contribution in [3.63, 3.8) is 0 Å². The molecule has 0 radical (unpaired) electrons. The Morgan fingerprint density at radius 1 is 1.40 bits per heavy atom. The molecule has 82 valence electrons. The predicted molar refractivity (Wildman–Crippen MR) is 63.8 cm³/mol. The molecule has 15 heavy (non-hydrogen) atoms. The van der Waals surface area contributed by atoms with Crippen molar-refractivity contribution in [3.05, 3.63) is 47.9 Å². The van der Waals surface area contributed by atoms with E-state index in [1.165, 1.54) is 5.56 Å². The van der Waals surface area contributed by atoms with E-state index in [1.807, 2.05) is 12.1 Å². The summed E-state index contributed by atoms with van der Waals surface area (Å²) >= 11 is 0. The Balaban J connectivity index is 2.79. The number of benzene rings is 1. The van der Waals surface area contributed by atoms with Gasteiger partial charge in [0.1, 0.15) is 0 Å². The quantitative estimate of drug-likeness (QED) is 0.743. The van der Waals surface area contributed by atoms with Gasteiger partial charge < -0.3 is 10.4 Å². The molecule has 0 aromatic heterocycles. The van der Waals surface area contributed by atoms with Crippen LogP contribution in [0.4, 0.5) is 0 Å². The number of aliphatic hydroxyl groups excluding tert-OH is 1. The fourth-order valence-electron chi connectivity index (χ4n) is 1.35. The van der Waals surface area contributed by atoms with Crippen molar-refractivity contribution < 1.29 is 5.11 Å². The van der Waals surface area contributed by atoms with Crippen LogP contribution in [0.3, 0.4) is 0 Å². The number of aliphatic hydroxyl groups is 1. The summed E-state index contributed by atoms with van der Waals surface area (Å²) in [5.74, 6) is 0.0103. The van der Waals surface area contributed by atoms with Crippen molar-refractivity contribution in [2.75, 3.05) is 0 Å². The van der Waals surface area contributed by atoms with Gasteiger partial charge in [-0.2, -0.15) is 0 Å². The van der Waals surface area contributed by atoms with Crippen LogP contribution in [0.2, 0.25) is 0 Å². The van der Waals surface area contributed by atoms with Crippen molar-refractivity contribution in [1.82, 2.24) is 5.32 Å². The van der Waals surface area contributed by atoms with Gasteiger partial charge in [0.25, 0.3) is 0 Å². The molecule has 0 aliphatic rings. The van der Waals surface area contributed by atoms with Crippen LogP contribution >= 0.6 is 0 Å². The molecule has 0 amide bonds. The second-order valence-corrected chi connectivity index (χ2v) is 4.75. The fourth-order valence-corrected chi connectivity index (χ4v) is 1.35. The lowest BCUT2D eigenvalue weighted by Crippen LogP contribution is -2.14. The highest BCUT2D eigenvalue weighted by Gasteiger charge is 2.13. The molecule has 0 saturated heterocycles. The van der Waals surface area contributed by atoms with Gasteiger partial charge in [0, 0.05) is 6.54 Å². The Morgan fingerprint density at radius 2 is 2.07 bits per heavy atom. The highest BCUT2D eigenvalue weighted by molar-refractivity contribution is 5.28. The van der Waals surface area contributed by atoms with E-state index in [4.69, 9.17) is 5.11 Å². The van der Waals surface area contributed by atoms with Gasteiger partial charge >= 0.3 is 0 Å². The Morgan fingerprint density at radius 3 is 2.60 bits per heavy atom. The summed E-state index contributed by atoms with van der Waals surface area (Å²) < 4.78 is 0. The Labute approximate surface area is 91.6 Å². The molecule has 2 heteroatoms. The SMILES string of the molecule is C=C(O)NCc1cccc(C(C)(C)C)c1. The standard InChI is InChI=1S/C13H19NO/c1-10(15)14-9-11-6-5-7-12(8-11)13(2,3)4/h5-8,14-15H,1,9H2,2-4H3. The molecule has 0 fully saturated rings. The molecule has 0 aliphatic carbocycles. The maximum absolute atomic E-state index is 8.94. The average molecular weight is 205 g/mol. The summed E-state index contributed by atoms with van der Waals surface area (Å²) in [6.45, 7) is 10.6. The molecule has 0 aliphatic heterocycles. The van der Waals surface area contributed by atoms with Crippen molar-refractivity contribution >= 4 is 0 Å². The molecule has 2 N–H and O–H groups in total. The molecule has 0 heterocycles. The molecule has 0 spiro atoms. The molecule has 0 unspecified atom stereocenters. The molecular formula is C13H19NO. The highest BCUT2D eigenvalue weighted by Crippen LogP contribution is 2.22. The fraction of sp³-hybridized carbons (Fsp3) is 0.385. The third-order valence-corrected chi connectivity index (χ3v) is 2.29. The van der Waals surface area contributed by atoms with E-state index in [-0.39, 0.29) is 11.3 Å². The van der Waals surface area contributed by atoms with Gasteiger partial charge in [0.2, 0.25) is 0 Å². The van der Waals surface area contributed by atoms with Crippen molar-refractivity contribution in [1.29, 1.82) is 0 Å². The first kappa shape index (κ1) is 11.6. The number of nitrogens with one attached hydrogen (secondary N) is 1. The van der Waals surface area contributed by atoms with Gasteiger partial charge in [-0.05, 0) is 23.1 Å². The molecule has 1 rings (SSSR count). The van der Waals surface area contributed by atoms with Crippen LogP contribution < -0.4 is 5.32 Å². The summed E-state index contributed by atoms with van der Waals surface area (Å²) in [7, 11) is 0. The van der Waals surface area contributed by atoms with Gasteiger partial charge in [0.15, 0.2) is 5.88 Å². The van der Waals surface area contributed by atoms with E-state index in [0.717, 1.165) is 5.56 Å². The first-order valence-electron chi connectivity index (χ1n) is 5.11.